The quantitative estimate of drug-likeness (QED) is 0.826. The Balaban J connectivity index is 1.27. The van der Waals surface area contributed by atoms with E-state index in [1.165, 1.54) is 25.9 Å². The van der Waals surface area contributed by atoms with Crippen molar-refractivity contribution in [1.29, 1.82) is 0 Å². The number of anilines is 1. The first-order valence-corrected chi connectivity index (χ1v) is 10.4. The Morgan fingerprint density at radius 3 is 2.78 bits per heavy atom. The molecule has 1 N–H and O–H groups in total. The summed E-state index contributed by atoms with van der Waals surface area (Å²) in [6, 6.07) is 8.58. The maximum atomic E-state index is 6.41. The van der Waals surface area contributed by atoms with Crippen molar-refractivity contribution < 1.29 is 13.9 Å². The Labute approximate surface area is 164 Å². The van der Waals surface area contributed by atoms with Gasteiger partial charge in [-0.1, -0.05) is 0 Å². The van der Waals surface area contributed by atoms with Crippen LogP contribution >= 0.6 is 11.3 Å². The highest BCUT2D eigenvalue weighted by molar-refractivity contribution is 7.14. The van der Waals surface area contributed by atoms with Crippen molar-refractivity contribution in [3.63, 3.8) is 0 Å². The summed E-state index contributed by atoms with van der Waals surface area (Å²) in [7, 11) is 4.03. The smallest absolute Gasteiger partial charge is 0.373 e. The first kappa shape index (κ1) is 17.1. The molecule has 1 unspecified atom stereocenters. The number of thiazole rings is 1. The Bertz CT molecular complexity index is 876. The number of nitrogens with zero attached hydrogens (tertiary/aromatic N) is 3. The van der Waals surface area contributed by atoms with Gasteiger partial charge in [0.2, 0.25) is 0 Å². The van der Waals surface area contributed by atoms with Gasteiger partial charge < -0.3 is 13.9 Å². The molecule has 2 bridgehead atoms. The topological polar surface area (TPSA) is 55.7 Å². The normalized spacial score (nSPS) is 31.6. The molecule has 1 aromatic heterocycles. The predicted molar refractivity (Wildman–Crippen MR) is 110 cm³/mol. The predicted octanol–water partition coefficient (Wildman–Crippen LogP) is 2.14. The molecule has 3 saturated heterocycles. The minimum absolute atomic E-state index is 0.107. The van der Waals surface area contributed by atoms with Crippen LogP contribution in [0.4, 0.5) is 5.13 Å². The number of aliphatic imine (C=N–C) groups is 1. The number of nitrogens with one attached hydrogen (secondary N) is 1. The molecule has 140 valence electrons. The van der Waals surface area contributed by atoms with E-state index in [4.69, 9.17) is 14.5 Å². The Kier molecular flexibility index (Phi) is 3.95. The number of amidine groups is 1. The monoisotopic (exact) mass is 383 g/mol. The van der Waals surface area contributed by atoms with Gasteiger partial charge in [0, 0.05) is 29.7 Å². The third-order valence-corrected chi connectivity index (χ3v) is 7.08. The molecule has 4 aliphatic heterocycles. The highest BCUT2D eigenvalue weighted by atomic mass is 32.1. The number of aromatic nitrogens is 1. The van der Waals surface area contributed by atoms with E-state index in [2.05, 4.69) is 23.7 Å². The molecule has 0 amide bonds. The molecule has 3 fully saturated rings. The lowest BCUT2D eigenvalue weighted by atomic mass is 9.72. The van der Waals surface area contributed by atoms with Crippen molar-refractivity contribution in [1.82, 2.24) is 4.98 Å². The van der Waals surface area contributed by atoms with Gasteiger partial charge in [0.05, 0.1) is 32.4 Å². The summed E-state index contributed by atoms with van der Waals surface area (Å²) in [5.41, 5.74) is 1.91. The van der Waals surface area contributed by atoms with Crippen LogP contribution in [0.2, 0.25) is 0 Å². The van der Waals surface area contributed by atoms with Crippen molar-refractivity contribution >= 4 is 30.5 Å². The highest BCUT2D eigenvalue weighted by Gasteiger charge is 2.57. The van der Waals surface area contributed by atoms with Gasteiger partial charge in [0.15, 0.2) is 10.7 Å². The lowest BCUT2D eigenvalue weighted by Crippen LogP contribution is -2.69. The van der Waals surface area contributed by atoms with Gasteiger partial charge in [-0.2, -0.15) is 0 Å². The molecule has 1 spiro atoms. The summed E-state index contributed by atoms with van der Waals surface area (Å²) in [5.74, 6) is 1.48. The van der Waals surface area contributed by atoms with E-state index in [0.717, 1.165) is 39.6 Å². The third kappa shape index (κ3) is 3.01. The lowest BCUT2D eigenvalue weighted by Gasteiger charge is -2.55. The number of hydrogen-bond donors (Lipinski definition) is 1. The van der Waals surface area contributed by atoms with Crippen molar-refractivity contribution in [2.24, 2.45) is 10.9 Å². The average molecular weight is 383 g/mol. The van der Waals surface area contributed by atoms with E-state index in [9.17, 15) is 0 Å². The second-order valence-electron chi connectivity index (χ2n) is 8.18. The van der Waals surface area contributed by atoms with Crippen LogP contribution in [0.25, 0.3) is 11.3 Å². The molecule has 0 saturated carbocycles. The molecule has 0 aliphatic carbocycles. The van der Waals surface area contributed by atoms with Crippen LogP contribution in [-0.2, 0) is 4.74 Å². The molecular formula is C19H24BN4O2S+. The van der Waals surface area contributed by atoms with Gasteiger partial charge in [0.1, 0.15) is 12.3 Å². The fourth-order valence-electron chi connectivity index (χ4n) is 4.79. The standard InChI is InChI=1S/C19H24BN4O2S/c1-25-15-4-2-13(3-5-15)16-10-27-18(22-16)23-17-21-11-19(26-17)12-24(20)8-6-14(19)7-9-24/h2-5,10,14H,6-9,11-12,20H2,1H3,(H,21,22,23)/q+1. The zero-order chi connectivity index (χ0) is 18.5. The van der Waals surface area contributed by atoms with Crippen LogP contribution in [0.15, 0.2) is 34.6 Å². The molecule has 6 nitrogen and oxygen atoms in total. The average Bonchev–Trinajstić information content (AvgIpc) is 3.30. The molecule has 5 heterocycles. The van der Waals surface area contributed by atoms with E-state index in [-0.39, 0.29) is 5.60 Å². The van der Waals surface area contributed by atoms with Gasteiger partial charge in [-0.05, 0) is 24.3 Å². The van der Waals surface area contributed by atoms with E-state index in [0.29, 0.717) is 11.9 Å². The van der Waals surface area contributed by atoms with Crippen molar-refractivity contribution in [2.75, 3.05) is 38.6 Å². The van der Waals surface area contributed by atoms with Gasteiger partial charge in [-0.15, -0.1) is 11.3 Å². The number of quaternary nitrogens is 1. The number of benzene rings is 1. The second-order valence-corrected chi connectivity index (χ2v) is 9.04. The molecule has 6 rings (SSSR count). The van der Waals surface area contributed by atoms with Crippen LogP contribution in [0.1, 0.15) is 12.8 Å². The van der Waals surface area contributed by atoms with E-state index >= 15 is 0 Å². The molecule has 8 heteroatoms. The third-order valence-electron chi connectivity index (χ3n) is 6.32. The number of ether oxygens (including phenoxy) is 2. The summed E-state index contributed by atoms with van der Waals surface area (Å²) in [4.78, 5) is 9.38. The van der Waals surface area contributed by atoms with E-state index < -0.39 is 0 Å². The SMILES string of the molecule is B[N+]12CCC(CC1)C1(CN=C(Nc3nc(-c4ccc(OC)cc4)cs3)O1)C2. The number of fused-ring (bicyclic) bond motifs is 2. The minimum atomic E-state index is -0.107. The fraction of sp³-hybridized carbons (Fsp3) is 0.474. The number of methoxy groups -OCH3 is 1. The van der Waals surface area contributed by atoms with Gasteiger partial charge >= 0.3 is 7.98 Å². The maximum Gasteiger partial charge on any atom is 0.373 e. The Morgan fingerprint density at radius 1 is 1.30 bits per heavy atom. The molecule has 2 aromatic rings. The Morgan fingerprint density at radius 2 is 2.07 bits per heavy atom. The highest BCUT2D eigenvalue weighted by Crippen LogP contribution is 2.43. The van der Waals surface area contributed by atoms with Crippen LogP contribution in [-0.4, -0.2) is 62.3 Å². The summed E-state index contributed by atoms with van der Waals surface area (Å²) >= 11 is 1.57. The van der Waals surface area contributed by atoms with E-state index in [1.54, 1.807) is 18.4 Å². The molecule has 1 atom stereocenters. The fourth-order valence-corrected chi connectivity index (χ4v) is 5.50. The summed E-state index contributed by atoms with van der Waals surface area (Å²) < 4.78 is 12.8. The van der Waals surface area contributed by atoms with Crippen molar-refractivity contribution in [2.45, 2.75) is 18.4 Å². The number of piperidine rings is 3. The molecule has 27 heavy (non-hydrogen) atoms. The Hall–Kier alpha value is -2.06. The summed E-state index contributed by atoms with van der Waals surface area (Å²) in [6.07, 6.45) is 2.50. The van der Waals surface area contributed by atoms with E-state index in [1.807, 2.05) is 24.3 Å². The molecule has 4 aliphatic rings. The largest absolute Gasteiger partial charge is 0.497 e. The second kappa shape index (κ2) is 6.24. The van der Waals surface area contributed by atoms with Crippen LogP contribution in [0, 0.1) is 5.92 Å². The zero-order valence-corrected chi connectivity index (χ0v) is 16.6. The first-order chi connectivity index (χ1) is 13.1. The number of rotatable bonds is 3. The van der Waals surface area contributed by atoms with Crippen molar-refractivity contribution in [3.05, 3.63) is 29.6 Å². The first-order valence-electron chi connectivity index (χ1n) is 9.52. The molecule has 1 aromatic carbocycles. The lowest BCUT2D eigenvalue weighted by molar-refractivity contribution is -0.845. The van der Waals surface area contributed by atoms with Gasteiger partial charge in [-0.3, -0.25) is 5.32 Å². The van der Waals surface area contributed by atoms with Crippen molar-refractivity contribution in [3.8, 4) is 17.0 Å². The van der Waals surface area contributed by atoms with Crippen LogP contribution in [0.5, 0.6) is 5.75 Å². The number of hydrogen-bond acceptors (Lipinski definition) is 6. The van der Waals surface area contributed by atoms with Gasteiger partial charge in [0.25, 0.3) is 6.02 Å². The van der Waals surface area contributed by atoms with Crippen LogP contribution in [0.3, 0.4) is 0 Å². The maximum absolute atomic E-state index is 6.41. The minimum Gasteiger partial charge on any atom is -0.497 e. The zero-order valence-electron chi connectivity index (χ0n) is 15.8. The van der Waals surface area contributed by atoms with Gasteiger partial charge in [-0.25, -0.2) is 9.98 Å². The molecular weight excluding hydrogens is 359 g/mol. The summed E-state index contributed by atoms with van der Waals surface area (Å²) in [6.45, 7) is 4.39. The molecule has 0 radical (unpaired) electrons. The van der Waals surface area contributed by atoms with Crippen LogP contribution < -0.4 is 10.1 Å². The summed E-state index contributed by atoms with van der Waals surface area (Å²) in [5, 5.41) is 6.17.